The molecule has 0 spiro atoms. The molecule has 0 radical (unpaired) electrons. The molecule has 39 heavy (non-hydrogen) atoms. The molecule has 1 aromatic carbocycles. The molecule has 7 nitrogen and oxygen atoms in total. The number of hydrogen-bond acceptors (Lipinski definition) is 8. The second-order valence-electron chi connectivity index (χ2n) is 10.8. The van der Waals surface area contributed by atoms with Gasteiger partial charge >= 0.3 is 11.9 Å². The number of nitrogens with one attached hydrogen (secondary N) is 1. The Morgan fingerprint density at radius 2 is 1.90 bits per heavy atom. The van der Waals surface area contributed by atoms with Crippen LogP contribution in [0.25, 0.3) is 11.1 Å². The van der Waals surface area contributed by atoms with Crippen molar-refractivity contribution in [2.75, 3.05) is 19.9 Å². The molecule has 0 aromatic heterocycles. The Morgan fingerprint density at radius 3 is 2.56 bits per heavy atom. The molecular weight excluding hydrogens is 514 g/mol. The van der Waals surface area contributed by atoms with E-state index >= 15 is 0 Å². The SMILES string of the molecule is C=C1C=C2C3=CC4=C(COC(=O)[C@@]4(CC)OC(C)=O)C(=S)C3CC2=C(CNC(C)C)c2cc3c(cc21)OCO3. The monoisotopic (exact) mass is 545 g/mol. The van der Waals surface area contributed by atoms with Crippen molar-refractivity contribution in [2.45, 2.75) is 52.2 Å². The molecule has 1 saturated carbocycles. The van der Waals surface area contributed by atoms with Crippen molar-refractivity contribution >= 4 is 40.2 Å². The summed E-state index contributed by atoms with van der Waals surface area (Å²) in [6.45, 7) is 12.7. The molecule has 8 heteroatoms. The van der Waals surface area contributed by atoms with Gasteiger partial charge in [0.05, 0.1) is 0 Å². The first-order valence-electron chi connectivity index (χ1n) is 13.3. The summed E-state index contributed by atoms with van der Waals surface area (Å²) in [5.41, 5.74) is 7.19. The first-order valence-corrected chi connectivity index (χ1v) is 13.7. The molecule has 0 saturated heterocycles. The first kappa shape index (κ1) is 25.8. The maximum absolute atomic E-state index is 13.1. The topological polar surface area (TPSA) is 83.1 Å². The van der Waals surface area contributed by atoms with Crippen LogP contribution in [0.5, 0.6) is 11.5 Å². The molecule has 1 N–H and O–H groups in total. The van der Waals surface area contributed by atoms with E-state index in [9.17, 15) is 9.59 Å². The largest absolute Gasteiger partial charge is 0.458 e. The van der Waals surface area contributed by atoms with Gasteiger partial charge < -0.3 is 24.3 Å². The summed E-state index contributed by atoms with van der Waals surface area (Å²) in [6.07, 6.45) is 5.09. The lowest BCUT2D eigenvalue weighted by atomic mass is 9.75. The standard InChI is InChI=1S/C31H31NO6S/c1-6-31(38-17(5)33)26-9-21-19-7-16(4)18-10-27-28(37-14-36-27)11-22(18)24(12-32-15(2)3)20(19)8-23(21)29(39)25(26)13-35-30(31)34/h7,9-11,15,23,32H,4,6,8,12-14H2,1-3,5H3/t23?,31-/m0/s1. The lowest BCUT2D eigenvalue weighted by Gasteiger charge is -2.39. The average Bonchev–Trinajstić information content (AvgIpc) is 3.47. The van der Waals surface area contributed by atoms with Crippen molar-refractivity contribution in [3.8, 4) is 11.5 Å². The fourth-order valence-corrected chi connectivity index (χ4v) is 6.62. The molecule has 1 fully saturated rings. The van der Waals surface area contributed by atoms with Gasteiger partial charge in [-0.1, -0.05) is 39.6 Å². The van der Waals surface area contributed by atoms with Crippen LogP contribution in [0.1, 0.15) is 51.7 Å². The van der Waals surface area contributed by atoms with E-state index in [0.717, 1.165) is 49.6 Å². The zero-order valence-corrected chi connectivity index (χ0v) is 23.4. The molecular formula is C31H31NO6S. The van der Waals surface area contributed by atoms with E-state index in [-0.39, 0.29) is 31.8 Å². The highest BCUT2D eigenvalue weighted by Crippen LogP contribution is 2.54. The molecule has 0 amide bonds. The van der Waals surface area contributed by atoms with E-state index in [1.54, 1.807) is 0 Å². The van der Waals surface area contributed by atoms with Crippen LogP contribution in [0, 0.1) is 5.92 Å². The van der Waals surface area contributed by atoms with Crippen molar-refractivity contribution in [3.05, 3.63) is 69.9 Å². The highest BCUT2D eigenvalue weighted by molar-refractivity contribution is 7.81. The van der Waals surface area contributed by atoms with E-state index < -0.39 is 17.5 Å². The summed E-state index contributed by atoms with van der Waals surface area (Å²) < 4.78 is 22.7. The van der Waals surface area contributed by atoms with Crippen LogP contribution >= 0.6 is 12.2 Å². The van der Waals surface area contributed by atoms with Gasteiger partial charge in [-0.2, -0.15) is 0 Å². The summed E-state index contributed by atoms with van der Waals surface area (Å²) in [6, 6.07) is 4.34. The van der Waals surface area contributed by atoms with Gasteiger partial charge in [0.15, 0.2) is 11.5 Å². The predicted molar refractivity (Wildman–Crippen MR) is 151 cm³/mol. The molecule has 1 unspecified atom stereocenters. The first-order chi connectivity index (χ1) is 18.6. The van der Waals surface area contributed by atoms with Gasteiger partial charge in [-0.15, -0.1) is 0 Å². The van der Waals surface area contributed by atoms with Crippen LogP contribution in [0.15, 0.2) is 58.7 Å². The van der Waals surface area contributed by atoms with Crippen LogP contribution in [0.3, 0.4) is 0 Å². The predicted octanol–water partition coefficient (Wildman–Crippen LogP) is 5.02. The normalized spacial score (nSPS) is 24.9. The van der Waals surface area contributed by atoms with Gasteiger partial charge in [0.25, 0.3) is 0 Å². The molecule has 3 aliphatic carbocycles. The highest BCUT2D eigenvalue weighted by Gasteiger charge is 2.53. The van der Waals surface area contributed by atoms with E-state index in [1.807, 2.05) is 19.1 Å². The quantitative estimate of drug-likeness (QED) is 0.408. The van der Waals surface area contributed by atoms with E-state index in [4.69, 9.17) is 31.2 Å². The molecule has 202 valence electrons. The third-order valence-corrected chi connectivity index (χ3v) is 8.67. The van der Waals surface area contributed by atoms with Crippen LogP contribution in [-0.2, 0) is 19.1 Å². The number of benzene rings is 1. The molecule has 0 bridgehead atoms. The third kappa shape index (κ3) is 3.92. The van der Waals surface area contributed by atoms with Crippen molar-refractivity contribution in [3.63, 3.8) is 0 Å². The fraction of sp³-hybridized carbons (Fsp3) is 0.387. The zero-order chi connectivity index (χ0) is 27.6. The summed E-state index contributed by atoms with van der Waals surface area (Å²) >= 11 is 6.06. The highest BCUT2D eigenvalue weighted by atomic mass is 32.1. The van der Waals surface area contributed by atoms with Crippen molar-refractivity contribution in [2.24, 2.45) is 5.92 Å². The van der Waals surface area contributed by atoms with E-state index in [1.165, 1.54) is 12.5 Å². The maximum atomic E-state index is 13.1. The minimum absolute atomic E-state index is 0.0545. The number of esters is 2. The Kier molecular flexibility index (Phi) is 6.15. The second-order valence-corrected chi connectivity index (χ2v) is 11.2. The van der Waals surface area contributed by atoms with E-state index in [2.05, 4.69) is 37.9 Å². The van der Waals surface area contributed by atoms with Crippen LogP contribution in [0.4, 0.5) is 0 Å². The number of cyclic esters (lactones) is 1. The smallest absolute Gasteiger partial charge is 0.355 e. The Hall–Kier alpha value is -3.49. The van der Waals surface area contributed by atoms with Crippen molar-refractivity contribution in [1.29, 1.82) is 0 Å². The van der Waals surface area contributed by atoms with Gasteiger partial charge in [0.1, 0.15) is 6.61 Å². The molecule has 1 aromatic rings. The minimum Gasteiger partial charge on any atom is -0.458 e. The fourth-order valence-electron chi connectivity index (χ4n) is 6.24. The Morgan fingerprint density at radius 1 is 1.18 bits per heavy atom. The van der Waals surface area contributed by atoms with Crippen LogP contribution in [0.2, 0.25) is 0 Å². The number of ether oxygens (including phenoxy) is 4. The number of carbonyl (C=O) groups is 2. The summed E-state index contributed by atoms with van der Waals surface area (Å²) in [5, 5.41) is 3.60. The molecule has 5 aliphatic rings. The molecule has 2 atom stereocenters. The average molecular weight is 546 g/mol. The van der Waals surface area contributed by atoms with Gasteiger partial charge in [-0.05, 0) is 76.1 Å². The Labute approximate surface area is 233 Å². The van der Waals surface area contributed by atoms with Crippen LogP contribution in [-0.4, -0.2) is 48.4 Å². The minimum atomic E-state index is -1.52. The number of allylic oxidation sites excluding steroid dienone is 5. The lowest BCUT2D eigenvalue weighted by Crippen LogP contribution is -2.50. The molecule has 2 heterocycles. The second kappa shape index (κ2) is 9.31. The maximum Gasteiger partial charge on any atom is 0.355 e. The van der Waals surface area contributed by atoms with Gasteiger partial charge in [-0.3, -0.25) is 4.79 Å². The van der Waals surface area contributed by atoms with Gasteiger partial charge in [-0.25, -0.2) is 4.79 Å². The summed E-state index contributed by atoms with van der Waals surface area (Å²) in [5.74, 6) is 0.273. The Bertz CT molecular complexity index is 1490. The van der Waals surface area contributed by atoms with Gasteiger partial charge in [0, 0.05) is 41.4 Å². The number of rotatable bonds is 5. The summed E-state index contributed by atoms with van der Waals surface area (Å²) in [4.78, 5) is 26.0. The number of hydrogen-bond donors (Lipinski definition) is 1. The van der Waals surface area contributed by atoms with Gasteiger partial charge in [0.2, 0.25) is 12.4 Å². The lowest BCUT2D eigenvalue weighted by molar-refractivity contribution is -0.178. The Balaban J connectivity index is 1.55. The number of carbonyl (C=O) groups excluding carboxylic acids is 2. The van der Waals surface area contributed by atoms with Crippen LogP contribution < -0.4 is 14.8 Å². The number of thiocarbonyl (C=S) groups is 1. The van der Waals surface area contributed by atoms with E-state index in [0.29, 0.717) is 24.3 Å². The molecule has 6 rings (SSSR count). The molecule has 2 aliphatic heterocycles. The van der Waals surface area contributed by atoms with Crippen molar-refractivity contribution in [1.82, 2.24) is 5.32 Å². The van der Waals surface area contributed by atoms with Crippen molar-refractivity contribution < 1.29 is 28.5 Å². The number of fused-ring (bicyclic) bond motifs is 5. The summed E-state index contributed by atoms with van der Waals surface area (Å²) in [7, 11) is 0. The zero-order valence-electron chi connectivity index (χ0n) is 22.6. The third-order valence-electron chi connectivity index (χ3n) is 8.14.